The number of nitrogens with one attached hydrogen (secondary N) is 1. The highest BCUT2D eigenvalue weighted by Gasteiger charge is 2.54. The second kappa shape index (κ2) is 10.3. The van der Waals surface area contributed by atoms with E-state index in [4.69, 9.17) is 10.6 Å². The molecule has 192 valence electrons. The third-order valence-corrected chi connectivity index (χ3v) is 9.83. The number of anilines is 1. The fourth-order valence-corrected chi connectivity index (χ4v) is 8.04. The lowest BCUT2D eigenvalue weighted by atomic mass is 10.0. The highest BCUT2D eigenvalue weighted by atomic mass is 32.2. The van der Waals surface area contributed by atoms with Crippen LogP contribution in [-0.2, 0) is 26.3 Å². The molecular formula is C21H20N7O5S4+. The smallest absolute Gasteiger partial charge is 0.352 e. The molecule has 5 rings (SSSR count). The Morgan fingerprint density at radius 2 is 2.24 bits per heavy atom. The molecule has 1 saturated heterocycles. The zero-order valence-electron chi connectivity index (χ0n) is 19.4. The van der Waals surface area contributed by atoms with Crippen LogP contribution in [0, 0.1) is 0 Å². The van der Waals surface area contributed by atoms with Gasteiger partial charge in [0.2, 0.25) is 0 Å². The van der Waals surface area contributed by atoms with E-state index in [1.54, 1.807) is 5.38 Å². The lowest BCUT2D eigenvalue weighted by Gasteiger charge is -2.49. The number of nitrogens with zero attached hydrogens (tertiary/aromatic N) is 5. The number of carboxylic acids is 1. The van der Waals surface area contributed by atoms with Gasteiger partial charge in [0, 0.05) is 16.9 Å². The number of carbonyl (C=O) groups is 3. The minimum Gasteiger partial charge on any atom is -0.477 e. The van der Waals surface area contributed by atoms with Gasteiger partial charge in [0.25, 0.3) is 16.2 Å². The number of aryl methyl sites for hydroxylation is 1. The molecule has 12 nitrogen and oxygen atoms in total. The Kier molecular flexibility index (Phi) is 7.06. The van der Waals surface area contributed by atoms with Crippen LogP contribution in [0.3, 0.4) is 0 Å². The standard InChI is InChI=1S/C21H19N7O5S4/c1-27-5-3-4-11-15(27)25-21(37-11)36-7-9-6-34-18-13(17(30)28(18)14(9)19(31)32)24-16(29)12(26-33-2)10-8-35-20(22)23-10/h3-5,8,13,18H,6-7H2,1-2H3,(H3-,22,23,24,29,31,32)/p+1/b26-12-/t13?,18-/m0/s1. The number of aromatic nitrogens is 3. The first-order valence-electron chi connectivity index (χ1n) is 10.7. The van der Waals surface area contributed by atoms with Crippen LogP contribution in [0.5, 0.6) is 0 Å². The van der Waals surface area contributed by atoms with Crippen molar-refractivity contribution >= 4 is 85.2 Å². The fraction of sp³-hybridized carbons (Fsp3) is 0.286. The third kappa shape index (κ3) is 4.76. The van der Waals surface area contributed by atoms with Crippen molar-refractivity contribution in [3.8, 4) is 0 Å². The van der Waals surface area contributed by atoms with Crippen LogP contribution in [0.15, 0.2) is 44.5 Å². The summed E-state index contributed by atoms with van der Waals surface area (Å²) in [7, 11) is 3.20. The van der Waals surface area contributed by atoms with Crippen LogP contribution < -0.4 is 15.6 Å². The van der Waals surface area contributed by atoms with E-state index in [1.807, 2.05) is 29.9 Å². The quantitative estimate of drug-likeness (QED) is 0.116. The third-order valence-electron chi connectivity index (χ3n) is 5.57. The molecule has 0 saturated carbocycles. The number of carbonyl (C=O) groups excluding carboxylic acids is 2. The van der Waals surface area contributed by atoms with Gasteiger partial charge < -0.3 is 21.0 Å². The van der Waals surface area contributed by atoms with Crippen molar-refractivity contribution in [2.75, 3.05) is 24.3 Å². The number of fused-ring (bicyclic) bond motifs is 2. The van der Waals surface area contributed by atoms with Gasteiger partial charge in [-0.3, -0.25) is 14.5 Å². The van der Waals surface area contributed by atoms with Gasteiger partial charge in [0.05, 0.1) is 13.2 Å². The van der Waals surface area contributed by atoms with E-state index in [2.05, 4.69) is 20.4 Å². The number of nitrogens with two attached hydrogens (primary N) is 1. The van der Waals surface area contributed by atoms with E-state index in [-0.39, 0.29) is 22.2 Å². The Morgan fingerprint density at radius 3 is 2.92 bits per heavy atom. The van der Waals surface area contributed by atoms with Gasteiger partial charge in [-0.2, -0.15) is 0 Å². The number of thioether (sulfide) groups is 2. The summed E-state index contributed by atoms with van der Waals surface area (Å²) in [6, 6.07) is 3.02. The largest absolute Gasteiger partial charge is 0.477 e. The van der Waals surface area contributed by atoms with Crippen LogP contribution in [-0.4, -0.2) is 73.5 Å². The summed E-state index contributed by atoms with van der Waals surface area (Å²) in [4.78, 5) is 52.8. The highest BCUT2D eigenvalue weighted by molar-refractivity contribution is 8.02. The zero-order chi connectivity index (χ0) is 26.3. The molecule has 4 N–H and O–H groups in total. The predicted octanol–water partition coefficient (Wildman–Crippen LogP) is 1.04. The van der Waals surface area contributed by atoms with Gasteiger partial charge >= 0.3 is 11.6 Å². The summed E-state index contributed by atoms with van der Waals surface area (Å²) >= 11 is 5.50. The first-order chi connectivity index (χ1) is 17.8. The number of hydrogen-bond acceptors (Lipinski definition) is 12. The molecule has 1 fully saturated rings. The van der Waals surface area contributed by atoms with Crippen molar-refractivity contribution < 1.29 is 28.9 Å². The van der Waals surface area contributed by atoms with Crippen molar-refractivity contribution in [3.63, 3.8) is 0 Å². The number of rotatable bonds is 8. The summed E-state index contributed by atoms with van der Waals surface area (Å²) < 4.78 is 3.78. The summed E-state index contributed by atoms with van der Waals surface area (Å²) in [6.45, 7) is 0. The summed E-state index contributed by atoms with van der Waals surface area (Å²) in [5, 5.41) is 17.6. The number of carboxylic acid groups (broad SMARTS) is 1. The molecule has 1 unspecified atom stereocenters. The van der Waals surface area contributed by atoms with Gasteiger partial charge in [-0.15, -0.1) is 23.1 Å². The maximum atomic E-state index is 13.0. The van der Waals surface area contributed by atoms with Crippen LogP contribution in [0.25, 0.3) is 10.3 Å². The van der Waals surface area contributed by atoms with E-state index in [0.717, 1.165) is 26.0 Å². The monoisotopic (exact) mass is 578 g/mol. The van der Waals surface area contributed by atoms with E-state index < -0.39 is 29.2 Å². The zero-order valence-corrected chi connectivity index (χ0v) is 22.7. The van der Waals surface area contributed by atoms with E-state index in [0.29, 0.717) is 17.1 Å². The predicted molar refractivity (Wildman–Crippen MR) is 141 cm³/mol. The molecule has 0 spiro atoms. The lowest BCUT2D eigenvalue weighted by molar-refractivity contribution is -0.646. The van der Waals surface area contributed by atoms with Crippen LogP contribution in [0.4, 0.5) is 5.13 Å². The number of hydrogen-bond donors (Lipinski definition) is 3. The molecule has 0 aromatic carbocycles. The van der Waals surface area contributed by atoms with E-state index in [1.165, 1.54) is 46.9 Å². The second-order valence-electron chi connectivity index (χ2n) is 7.89. The van der Waals surface area contributed by atoms with Crippen molar-refractivity contribution in [2.24, 2.45) is 12.2 Å². The van der Waals surface area contributed by atoms with E-state index in [9.17, 15) is 19.5 Å². The van der Waals surface area contributed by atoms with Crippen molar-refractivity contribution in [2.45, 2.75) is 15.8 Å². The topological polar surface area (TPSA) is 164 Å². The maximum absolute atomic E-state index is 13.0. The molecule has 37 heavy (non-hydrogen) atoms. The summed E-state index contributed by atoms with van der Waals surface area (Å²) in [5.41, 5.74) is 7.18. The van der Waals surface area contributed by atoms with Gasteiger partial charge in [0.1, 0.15) is 34.6 Å². The molecule has 0 radical (unpaired) electrons. The van der Waals surface area contributed by atoms with Crippen molar-refractivity contribution in [3.05, 3.63) is 40.7 Å². The fourth-order valence-electron chi connectivity index (χ4n) is 3.90. The SMILES string of the molecule is CO/N=C(\C(=O)NC1C(=O)N2C(C(=O)O)=C(CSc3nc4c(ccc[n+]4C)s3)CS[C@@H]12)c1csc(N)n1. The van der Waals surface area contributed by atoms with Gasteiger partial charge in [-0.25, -0.2) is 14.3 Å². The first kappa shape index (κ1) is 25.4. The van der Waals surface area contributed by atoms with Crippen LogP contribution in [0.2, 0.25) is 0 Å². The molecule has 3 aromatic rings. The molecule has 0 aliphatic carbocycles. The van der Waals surface area contributed by atoms with Crippen LogP contribution >= 0.6 is 46.2 Å². The number of pyridine rings is 1. The molecule has 3 aromatic heterocycles. The molecule has 2 aliphatic rings. The van der Waals surface area contributed by atoms with Crippen LogP contribution in [0.1, 0.15) is 5.69 Å². The Labute approximate surface area is 226 Å². The minimum atomic E-state index is -1.19. The van der Waals surface area contributed by atoms with Gasteiger partial charge in [-0.05, 0) is 22.7 Å². The molecule has 16 heteroatoms. The number of aliphatic carboxylic acids is 1. The molecule has 5 heterocycles. The maximum Gasteiger partial charge on any atom is 0.352 e. The average Bonchev–Trinajstić information content (AvgIpc) is 3.50. The van der Waals surface area contributed by atoms with Crippen molar-refractivity contribution in [1.29, 1.82) is 0 Å². The number of nitrogen functional groups attached to an aromatic ring is 1. The summed E-state index contributed by atoms with van der Waals surface area (Å²) in [5.74, 6) is -1.59. The average molecular weight is 579 g/mol. The number of oxime groups is 1. The Bertz CT molecular complexity index is 1480. The Balaban J connectivity index is 1.31. The Hall–Kier alpha value is -3.21. The molecule has 0 bridgehead atoms. The second-order valence-corrected chi connectivity index (χ2v) is 12.1. The van der Waals surface area contributed by atoms with E-state index >= 15 is 0 Å². The highest BCUT2D eigenvalue weighted by Crippen LogP contribution is 2.42. The lowest BCUT2D eigenvalue weighted by Crippen LogP contribution is -2.71. The number of amides is 2. The molecule has 2 atom stereocenters. The van der Waals surface area contributed by atoms with Gasteiger partial charge in [-0.1, -0.05) is 28.3 Å². The number of β-lactam (4-membered cyclic amide) rings is 1. The summed E-state index contributed by atoms with van der Waals surface area (Å²) in [6.07, 6.45) is 1.92. The molecule has 2 aliphatic heterocycles. The van der Waals surface area contributed by atoms with Crippen molar-refractivity contribution in [1.82, 2.24) is 20.2 Å². The minimum absolute atomic E-state index is 0.0449. The molecular weight excluding hydrogens is 559 g/mol. The normalized spacial score (nSPS) is 19.6. The Morgan fingerprint density at radius 1 is 1.43 bits per heavy atom. The molecule has 2 amide bonds. The van der Waals surface area contributed by atoms with Gasteiger partial charge in [0.15, 0.2) is 10.8 Å². The first-order valence-corrected chi connectivity index (χ1v) is 14.4. The number of thiazole rings is 2.